The van der Waals surface area contributed by atoms with Gasteiger partial charge in [0.1, 0.15) is 16.6 Å². The number of pyridine rings is 1. The number of rotatable bonds is 8. The van der Waals surface area contributed by atoms with Crippen LogP contribution in [0.1, 0.15) is 45.8 Å². The minimum absolute atomic E-state index is 0.0220. The number of hydrogen-bond acceptors (Lipinski definition) is 10. The summed E-state index contributed by atoms with van der Waals surface area (Å²) < 4.78 is 34.2. The summed E-state index contributed by atoms with van der Waals surface area (Å²) in [5, 5.41) is 8.51. The van der Waals surface area contributed by atoms with Crippen molar-refractivity contribution in [3.8, 4) is 11.4 Å². The Morgan fingerprint density at radius 3 is 2.59 bits per heavy atom. The molecule has 2 aromatic carbocycles. The molecule has 6 rings (SSSR count). The van der Waals surface area contributed by atoms with E-state index in [0.29, 0.717) is 41.3 Å². The maximum absolute atomic E-state index is 13.7. The number of fused-ring (bicyclic) bond motifs is 2. The first-order chi connectivity index (χ1) is 21.8. The van der Waals surface area contributed by atoms with Crippen LogP contribution in [0.5, 0.6) is 5.75 Å². The molecule has 1 aliphatic rings. The Hall–Kier alpha value is -4.95. The van der Waals surface area contributed by atoms with Crippen molar-refractivity contribution in [1.29, 1.82) is 0 Å². The Morgan fingerprint density at radius 1 is 1.11 bits per heavy atom. The van der Waals surface area contributed by atoms with E-state index in [4.69, 9.17) is 26.4 Å². The molecule has 46 heavy (non-hydrogen) atoms. The van der Waals surface area contributed by atoms with Crippen molar-refractivity contribution in [2.45, 2.75) is 33.0 Å². The van der Waals surface area contributed by atoms with E-state index < -0.39 is 22.0 Å². The van der Waals surface area contributed by atoms with Crippen LogP contribution in [-0.4, -0.2) is 52.0 Å². The number of amides is 1. The number of methoxy groups -OCH3 is 1. The zero-order valence-electron chi connectivity index (χ0n) is 25.7. The van der Waals surface area contributed by atoms with E-state index >= 15 is 0 Å². The Morgan fingerprint density at radius 2 is 1.87 bits per heavy atom. The van der Waals surface area contributed by atoms with Gasteiger partial charge in [-0.2, -0.15) is 5.10 Å². The SMILES string of the molecule is COc1ccccc1-n1cc2c(n1)CN(c1nc3c([C@@H](C)Nc4ccc(Cl)nc4C(=O)NS(C)(=O)=O)cc(C)cc3c(=O)n1C)C2. The summed E-state index contributed by atoms with van der Waals surface area (Å²) in [7, 11) is -0.525. The van der Waals surface area contributed by atoms with E-state index in [-0.39, 0.29) is 22.1 Å². The van der Waals surface area contributed by atoms with Crippen molar-refractivity contribution >= 4 is 50.1 Å². The van der Waals surface area contributed by atoms with Crippen LogP contribution in [-0.2, 0) is 30.2 Å². The number of aromatic nitrogens is 5. The molecule has 238 valence electrons. The third kappa shape index (κ3) is 5.88. The second kappa shape index (κ2) is 11.8. The number of sulfonamides is 1. The van der Waals surface area contributed by atoms with Gasteiger partial charge < -0.3 is 15.0 Å². The topological polar surface area (TPSA) is 153 Å². The van der Waals surface area contributed by atoms with Crippen molar-refractivity contribution in [2.75, 3.05) is 23.6 Å². The first kappa shape index (κ1) is 31.0. The number of hydrogen-bond donors (Lipinski definition) is 2. The molecule has 1 aliphatic heterocycles. The van der Waals surface area contributed by atoms with Gasteiger partial charge >= 0.3 is 0 Å². The van der Waals surface area contributed by atoms with Gasteiger partial charge in [0.25, 0.3) is 11.5 Å². The Kier molecular flexibility index (Phi) is 7.94. The van der Waals surface area contributed by atoms with Gasteiger partial charge in [-0.15, -0.1) is 0 Å². The summed E-state index contributed by atoms with van der Waals surface area (Å²) in [6, 6.07) is 13.9. The molecule has 5 aromatic rings. The molecular formula is C31H31ClN8O5S. The molecule has 3 aromatic heterocycles. The second-order valence-corrected chi connectivity index (χ2v) is 13.3. The number of ether oxygens (including phenoxy) is 1. The van der Waals surface area contributed by atoms with Crippen LogP contribution < -0.4 is 25.2 Å². The van der Waals surface area contributed by atoms with E-state index in [2.05, 4.69) is 10.3 Å². The predicted octanol–water partition coefficient (Wildman–Crippen LogP) is 3.87. The molecule has 1 atom stereocenters. The zero-order chi connectivity index (χ0) is 32.9. The van der Waals surface area contributed by atoms with Gasteiger partial charge in [-0.05, 0) is 49.7 Å². The average molecular weight is 663 g/mol. The van der Waals surface area contributed by atoms with Crippen LogP contribution in [0.4, 0.5) is 11.6 Å². The van der Waals surface area contributed by atoms with Gasteiger partial charge in [-0.1, -0.05) is 29.8 Å². The molecular weight excluding hydrogens is 632 g/mol. The van der Waals surface area contributed by atoms with Gasteiger partial charge in [0.2, 0.25) is 16.0 Å². The smallest absolute Gasteiger partial charge is 0.285 e. The summed E-state index contributed by atoms with van der Waals surface area (Å²) in [5.74, 6) is 0.268. The standard InChI is InChI=1S/C31H31ClN8O5S/c1-17-12-20(18(2)33-22-10-11-26(32)34-28(22)29(41)37-46(5,43)44)27-21(13-17)30(42)38(3)31(35-27)39-14-19-15-40(36-23(19)16-39)24-8-6-7-9-25(24)45-4/h6-13,15,18,33H,14,16H2,1-5H3,(H,37,41)/t18-/m1/s1. The van der Waals surface area contributed by atoms with Crippen LogP contribution in [0, 0.1) is 6.92 Å². The summed E-state index contributed by atoms with van der Waals surface area (Å²) in [6.07, 6.45) is 2.84. The van der Waals surface area contributed by atoms with Gasteiger partial charge in [0.05, 0.1) is 48.2 Å². The number of nitrogens with one attached hydrogen (secondary N) is 2. The molecule has 1 amide bonds. The number of aryl methyl sites for hydroxylation is 1. The zero-order valence-corrected chi connectivity index (χ0v) is 27.3. The number of anilines is 2. The van der Waals surface area contributed by atoms with E-state index in [9.17, 15) is 18.0 Å². The Bertz CT molecular complexity index is 2170. The number of carbonyl (C=O) groups is 1. The molecule has 0 saturated heterocycles. The average Bonchev–Trinajstić information content (AvgIpc) is 3.58. The lowest BCUT2D eigenvalue weighted by atomic mass is 10.0. The molecule has 0 aliphatic carbocycles. The fraction of sp³-hybridized carbons (Fsp3) is 0.258. The first-order valence-electron chi connectivity index (χ1n) is 14.2. The highest BCUT2D eigenvalue weighted by molar-refractivity contribution is 7.89. The molecule has 0 spiro atoms. The van der Waals surface area contributed by atoms with E-state index in [1.165, 1.54) is 6.07 Å². The van der Waals surface area contributed by atoms with Crippen molar-refractivity contribution < 1.29 is 17.9 Å². The minimum Gasteiger partial charge on any atom is -0.494 e. The van der Waals surface area contributed by atoms with E-state index in [0.717, 1.165) is 28.8 Å². The number of benzene rings is 2. The highest BCUT2D eigenvalue weighted by atomic mass is 35.5. The molecule has 0 radical (unpaired) electrons. The lowest BCUT2D eigenvalue weighted by Gasteiger charge is -2.23. The summed E-state index contributed by atoms with van der Waals surface area (Å²) >= 11 is 6.04. The lowest BCUT2D eigenvalue weighted by Crippen LogP contribution is -2.31. The summed E-state index contributed by atoms with van der Waals surface area (Å²) in [6.45, 7) is 4.69. The molecule has 0 unspecified atom stereocenters. The number of para-hydroxylation sites is 2. The Balaban J connectivity index is 1.35. The van der Waals surface area contributed by atoms with Gasteiger partial charge in [0.15, 0.2) is 5.69 Å². The fourth-order valence-corrected chi connectivity index (χ4v) is 6.22. The fourth-order valence-electron chi connectivity index (χ4n) is 5.64. The quantitative estimate of drug-likeness (QED) is 0.234. The van der Waals surface area contributed by atoms with Crippen molar-refractivity contribution in [2.24, 2.45) is 7.05 Å². The lowest BCUT2D eigenvalue weighted by molar-refractivity contribution is 0.0977. The maximum Gasteiger partial charge on any atom is 0.285 e. The molecule has 15 heteroatoms. The van der Waals surface area contributed by atoms with Gasteiger partial charge in [-0.3, -0.25) is 14.2 Å². The largest absolute Gasteiger partial charge is 0.494 e. The molecule has 0 saturated carbocycles. The molecule has 0 bridgehead atoms. The third-order valence-electron chi connectivity index (χ3n) is 7.72. The highest BCUT2D eigenvalue weighted by Crippen LogP contribution is 2.32. The number of carbonyl (C=O) groups excluding carboxylic acids is 1. The van der Waals surface area contributed by atoms with E-state index in [1.807, 2.05) is 60.0 Å². The van der Waals surface area contributed by atoms with Crippen LogP contribution in [0.2, 0.25) is 5.15 Å². The molecule has 4 heterocycles. The van der Waals surface area contributed by atoms with Crippen LogP contribution in [0.25, 0.3) is 16.6 Å². The molecule has 13 nitrogen and oxygen atoms in total. The van der Waals surface area contributed by atoms with Gasteiger partial charge in [0, 0.05) is 30.9 Å². The minimum atomic E-state index is -3.85. The normalized spacial score (nSPS) is 13.5. The molecule has 0 fully saturated rings. The monoisotopic (exact) mass is 662 g/mol. The summed E-state index contributed by atoms with van der Waals surface area (Å²) in [5.41, 5.74) is 4.62. The maximum atomic E-state index is 13.7. The van der Waals surface area contributed by atoms with Gasteiger partial charge in [-0.25, -0.2) is 27.8 Å². The highest BCUT2D eigenvalue weighted by Gasteiger charge is 2.28. The number of halogens is 1. The van der Waals surface area contributed by atoms with E-state index in [1.54, 1.807) is 35.5 Å². The van der Waals surface area contributed by atoms with Crippen molar-refractivity contribution in [3.63, 3.8) is 0 Å². The van der Waals surface area contributed by atoms with Crippen LogP contribution in [0.3, 0.4) is 0 Å². The van der Waals surface area contributed by atoms with Crippen LogP contribution in [0.15, 0.2) is 59.5 Å². The second-order valence-electron chi connectivity index (χ2n) is 11.2. The van der Waals surface area contributed by atoms with Crippen molar-refractivity contribution in [3.05, 3.63) is 98.3 Å². The van der Waals surface area contributed by atoms with Crippen molar-refractivity contribution in [1.82, 2.24) is 29.0 Å². The predicted molar refractivity (Wildman–Crippen MR) is 175 cm³/mol. The third-order valence-corrected chi connectivity index (χ3v) is 8.48. The number of nitrogens with zero attached hydrogens (tertiary/aromatic N) is 6. The van der Waals surface area contributed by atoms with Crippen LogP contribution >= 0.6 is 11.6 Å². The first-order valence-corrected chi connectivity index (χ1v) is 16.5. The molecule has 2 N–H and O–H groups in total. The Labute approximate surface area is 269 Å². The summed E-state index contributed by atoms with van der Waals surface area (Å²) in [4.78, 5) is 37.6.